The molecule has 2 atom stereocenters. The van der Waals surface area contributed by atoms with Gasteiger partial charge in [0.15, 0.2) is 23.0 Å². The maximum Gasteiger partial charge on any atom is 0.255 e. The number of hydrogen-bond donors (Lipinski definition) is 2. The van der Waals surface area contributed by atoms with Crippen LogP contribution in [0, 0.1) is 11.8 Å². The fraction of sp³-hybridized carbons (Fsp3) is 0.460. The lowest BCUT2D eigenvalue weighted by atomic mass is 9.44. The molecule has 0 saturated heterocycles. The van der Waals surface area contributed by atoms with E-state index in [4.69, 9.17) is 114 Å². The summed E-state index contributed by atoms with van der Waals surface area (Å²) in [5, 5.41) is 10.8. The average Bonchev–Trinajstić information content (AvgIpc) is 0.667. The number of carbonyl (C=O) groups is 2. The fourth-order valence-corrected chi connectivity index (χ4v) is 15.3. The first kappa shape index (κ1) is 98.7. The molecule has 0 saturated carbocycles. The van der Waals surface area contributed by atoms with Crippen molar-refractivity contribution >= 4 is 44.7 Å². The Morgan fingerprint density at radius 3 is 0.914 bits per heavy atom. The van der Waals surface area contributed by atoms with Crippen LogP contribution in [0.4, 0.5) is 11.4 Å². The van der Waals surface area contributed by atoms with E-state index in [1.54, 1.807) is 66.9 Å². The highest BCUT2D eigenvalue weighted by Gasteiger charge is 2.60. The minimum Gasteiger partial charge on any atom is -0.487 e. The second kappa shape index (κ2) is 56.5. The lowest BCUT2D eigenvalue weighted by Gasteiger charge is -2.57. The fourth-order valence-electron chi connectivity index (χ4n) is 15.3. The summed E-state index contributed by atoms with van der Waals surface area (Å²) in [7, 11) is 9.73. The first-order valence-corrected chi connectivity index (χ1v) is 43.7. The molecule has 0 aromatic heterocycles. The van der Waals surface area contributed by atoms with Crippen LogP contribution >= 0.6 is 0 Å². The standard InChI is InChI=1S/C100H124N2O26/c1-105-33-39-111-45-51-117-57-63-123-88-70-78(71-89(124-64-58-118-52-46-112-40-34-106-2)96(88)127-67-61-121-55-49-115-43-37-109-5)98(103)101-80-27-23-74(24-28-80)31-32-100-86-21-13-11-19-84(86)93(85-20-12-14-22-87(85)100)92(95(100)94-82-17-9-7-15-76(82)69-77-16-8-10-18-83(77)94)75-25-29-81(30-26-75)102-99(104)79-72-90(125-65-59-119-53-47-113-41-35-107-3)97(128-68-62-122-56-50-116-44-38-110-6)91(73-79)126-66-60-120-54-48-114-42-36-108-4/h7-30,69-73,92-93,95H,33-68H2,1-6H3,(H,101,103)(H,102,104). The number of rotatable bonds is 66. The molecule has 2 amide bonds. The Balaban J connectivity index is 0.910. The van der Waals surface area contributed by atoms with Crippen molar-refractivity contribution in [2.24, 2.45) is 0 Å². The smallest absolute Gasteiger partial charge is 0.255 e. The third kappa shape index (κ3) is 29.6. The Morgan fingerprint density at radius 1 is 0.305 bits per heavy atom. The number of anilines is 2. The molecule has 28 heteroatoms. The van der Waals surface area contributed by atoms with E-state index >= 15 is 4.79 Å². The maximum absolute atomic E-state index is 15.1. The van der Waals surface area contributed by atoms with Crippen LogP contribution in [0.15, 0.2) is 176 Å². The van der Waals surface area contributed by atoms with Crippen LogP contribution in [-0.2, 0) is 90.7 Å². The predicted octanol–water partition coefficient (Wildman–Crippen LogP) is 13.2. The molecule has 9 aromatic rings. The van der Waals surface area contributed by atoms with E-state index in [2.05, 4.69) is 138 Å². The molecule has 0 fully saturated rings. The molecule has 0 spiro atoms. The normalized spacial score (nSPS) is 14.9. The third-order valence-corrected chi connectivity index (χ3v) is 21.1. The van der Waals surface area contributed by atoms with Crippen LogP contribution in [0.25, 0.3) is 21.5 Å². The van der Waals surface area contributed by atoms with Gasteiger partial charge in [-0.1, -0.05) is 121 Å². The number of carbonyl (C=O) groups excluding carboxylic acids is 2. The van der Waals surface area contributed by atoms with Gasteiger partial charge in [0.25, 0.3) is 11.8 Å². The molecule has 128 heavy (non-hydrogen) atoms. The number of amides is 2. The zero-order valence-corrected chi connectivity index (χ0v) is 74.5. The van der Waals surface area contributed by atoms with Crippen molar-refractivity contribution in [2.75, 3.05) is 291 Å². The quantitative estimate of drug-likeness (QED) is 0.0203. The van der Waals surface area contributed by atoms with Gasteiger partial charge in [0, 0.05) is 88.5 Å². The Hall–Kier alpha value is -9.92. The summed E-state index contributed by atoms with van der Waals surface area (Å²) in [5.41, 5.74) is 8.06. The molecular weight excluding hydrogens is 1650 g/mol. The van der Waals surface area contributed by atoms with Crippen molar-refractivity contribution in [3.63, 3.8) is 0 Å². The first-order valence-electron chi connectivity index (χ1n) is 43.7. The molecule has 0 heterocycles. The van der Waals surface area contributed by atoms with Crippen molar-refractivity contribution < 1.29 is 123 Å². The molecule has 3 aliphatic rings. The number of nitrogens with one attached hydrogen (secondary N) is 2. The molecule has 3 aliphatic carbocycles. The third-order valence-electron chi connectivity index (χ3n) is 21.1. The van der Waals surface area contributed by atoms with Gasteiger partial charge in [0.05, 0.1) is 204 Å². The molecule has 2 N–H and O–H groups in total. The Morgan fingerprint density at radius 2 is 0.586 bits per heavy atom. The second-order valence-corrected chi connectivity index (χ2v) is 29.6. The molecular formula is C100H124N2O26. The van der Waals surface area contributed by atoms with E-state index in [0.717, 1.165) is 43.8 Å². The summed E-state index contributed by atoms with van der Waals surface area (Å²) in [6.45, 7) is 11.6. The Labute approximate surface area is 751 Å². The molecule has 0 radical (unpaired) electrons. The van der Waals surface area contributed by atoms with Crippen LogP contribution in [0.1, 0.15) is 77.4 Å². The lowest BCUT2D eigenvalue weighted by Crippen LogP contribution is -2.49. The van der Waals surface area contributed by atoms with Gasteiger partial charge in [-0.3, -0.25) is 9.59 Å². The van der Waals surface area contributed by atoms with E-state index in [9.17, 15) is 4.79 Å². The highest BCUT2D eigenvalue weighted by atomic mass is 16.6. The van der Waals surface area contributed by atoms with Gasteiger partial charge in [0.2, 0.25) is 11.5 Å². The maximum atomic E-state index is 15.1. The lowest BCUT2D eigenvalue weighted by molar-refractivity contribution is 0.0146. The van der Waals surface area contributed by atoms with Gasteiger partial charge in [-0.05, 0) is 122 Å². The summed E-state index contributed by atoms with van der Waals surface area (Å²) in [4.78, 5) is 29.9. The summed E-state index contributed by atoms with van der Waals surface area (Å²) >= 11 is 0. The van der Waals surface area contributed by atoms with E-state index < -0.39 is 17.2 Å². The number of fused-ring (bicyclic) bond motifs is 3. The molecule has 690 valence electrons. The van der Waals surface area contributed by atoms with Crippen LogP contribution in [0.5, 0.6) is 34.5 Å². The molecule has 12 rings (SSSR count). The van der Waals surface area contributed by atoms with E-state index in [-0.39, 0.29) is 143 Å². The van der Waals surface area contributed by atoms with E-state index in [1.165, 1.54) is 16.7 Å². The molecule has 2 bridgehead atoms. The summed E-state index contributed by atoms with van der Waals surface area (Å²) < 4.78 is 138. The van der Waals surface area contributed by atoms with Gasteiger partial charge >= 0.3 is 0 Å². The number of hydrogen-bond acceptors (Lipinski definition) is 26. The molecule has 28 nitrogen and oxygen atoms in total. The van der Waals surface area contributed by atoms with Crippen LogP contribution in [0.2, 0.25) is 0 Å². The molecule has 2 unspecified atom stereocenters. The SMILES string of the molecule is COCCOCCOCCOc1cc(C(=O)Nc2ccc(C#CC34c5ccccc5C(c5ccccc53)C(c3ccc(NC(=O)c5cc(OCCOCCOCCOC)c(OCCOCCOCCOC)c(OCCOCCOCCOC)c5)cc3)C4c3c4ccccc4cc4ccccc34)cc2)cc(OCCOCCOCCOC)c1OCCOCCOCCOC. The monoisotopic (exact) mass is 1770 g/mol. The van der Waals surface area contributed by atoms with Crippen molar-refractivity contribution in [3.05, 3.63) is 226 Å². The predicted molar refractivity (Wildman–Crippen MR) is 485 cm³/mol. The van der Waals surface area contributed by atoms with Gasteiger partial charge in [0.1, 0.15) is 39.6 Å². The number of benzene rings is 9. The summed E-state index contributed by atoms with van der Waals surface area (Å²) in [5.74, 6) is 7.88. The van der Waals surface area contributed by atoms with Gasteiger partial charge < -0.3 is 124 Å². The Bertz CT molecular complexity index is 4620. The second-order valence-electron chi connectivity index (χ2n) is 29.6. The van der Waals surface area contributed by atoms with Gasteiger partial charge in [-0.2, -0.15) is 0 Å². The highest BCUT2D eigenvalue weighted by molar-refractivity contribution is 6.07. The minimum absolute atomic E-state index is 0.104. The van der Waals surface area contributed by atoms with Crippen molar-refractivity contribution in [1.82, 2.24) is 0 Å². The zero-order valence-electron chi connectivity index (χ0n) is 74.5. The van der Waals surface area contributed by atoms with Crippen LogP contribution in [0.3, 0.4) is 0 Å². The zero-order chi connectivity index (χ0) is 89.3. The van der Waals surface area contributed by atoms with Crippen molar-refractivity contribution in [3.8, 4) is 46.3 Å². The van der Waals surface area contributed by atoms with Crippen LogP contribution < -0.4 is 39.1 Å². The Kier molecular flexibility index (Phi) is 43.6. The largest absolute Gasteiger partial charge is 0.487 e. The van der Waals surface area contributed by atoms with Crippen molar-refractivity contribution in [2.45, 2.75) is 23.2 Å². The number of ether oxygens (including phenoxy) is 24. The number of methoxy groups -OCH3 is 6. The highest BCUT2D eigenvalue weighted by Crippen LogP contribution is 2.69. The van der Waals surface area contributed by atoms with Crippen LogP contribution in [-0.4, -0.2) is 292 Å². The van der Waals surface area contributed by atoms with Gasteiger partial charge in [-0.15, -0.1) is 0 Å². The summed E-state index contributed by atoms with van der Waals surface area (Å²) in [6.07, 6.45) is 0. The van der Waals surface area contributed by atoms with Crippen molar-refractivity contribution in [1.29, 1.82) is 0 Å². The molecule has 9 aromatic carbocycles. The topological polar surface area (TPSA) is 280 Å². The van der Waals surface area contributed by atoms with E-state index in [0.29, 0.717) is 170 Å². The average molecular weight is 1770 g/mol. The minimum atomic E-state index is -0.993. The molecule has 0 aliphatic heterocycles. The summed E-state index contributed by atoms with van der Waals surface area (Å²) in [6, 6.07) is 59.4. The van der Waals surface area contributed by atoms with E-state index in [1.807, 2.05) is 36.4 Å². The van der Waals surface area contributed by atoms with Gasteiger partial charge in [-0.25, -0.2) is 0 Å². The first-order chi connectivity index (χ1) is 63.2.